The van der Waals surface area contributed by atoms with Crippen molar-refractivity contribution < 1.29 is 0 Å². The molecule has 6 rings (SSSR count). The SMILES string of the molecule is c1cc2c3c(cccc3c1)N=c1c(c3ccccc3c3ccccc13)=N2. The Hall–Kier alpha value is -3.52. The molecule has 5 aromatic rings. The van der Waals surface area contributed by atoms with Crippen molar-refractivity contribution in [2.75, 3.05) is 0 Å². The van der Waals surface area contributed by atoms with E-state index in [1.807, 2.05) is 0 Å². The number of nitrogens with zero attached hydrogens (tertiary/aromatic N) is 2. The standard InChI is InChI=1S/C24H14N2/c1-3-11-18-16(9-1)17-10-2-4-12-19(17)24-23(18)25-20-13-5-7-15-8-6-14-21(26-24)22(15)20/h1-14H. The molecule has 2 heteroatoms. The monoisotopic (exact) mass is 330 g/mol. The van der Waals surface area contributed by atoms with E-state index in [0.717, 1.165) is 38.2 Å². The van der Waals surface area contributed by atoms with E-state index < -0.39 is 0 Å². The summed E-state index contributed by atoms with van der Waals surface area (Å²) in [4.78, 5) is 10.2. The fraction of sp³-hybridized carbons (Fsp3) is 0. The summed E-state index contributed by atoms with van der Waals surface area (Å²) in [7, 11) is 0. The molecule has 2 nitrogen and oxygen atoms in total. The van der Waals surface area contributed by atoms with E-state index in [0.29, 0.717) is 0 Å². The molecule has 1 aliphatic rings. The van der Waals surface area contributed by atoms with Crippen molar-refractivity contribution >= 4 is 43.7 Å². The third kappa shape index (κ3) is 1.76. The molecule has 0 aliphatic carbocycles. The maximum absolute atomic E-state index is 5.11. The lowest BCUT2D eigenvalue weighted by atomic mass is 10.0. The molecule has 0 N–H and O–H groups in total. The fourth-order valence-electron chi connectivity index (χ4n) is 4.06. The van der Waals surface area contributed by atoms with Gasteiger partial charge in [0.05, 0.1) is 22.1 Å². The highest BCUT2D eigenvalue weighted by Crippen LogP contribution is 2.35. The molecule has 0 atom stereocenters. The highest BCUT2D eigenvalue weighted by atomic mass is 14.8. The van der Waals surface area contributed by atoms with Crippen LogP contribution >= 0.6 is 0 Å². The van der Waals surface area contributed by atoms with Crippen LogP contribution in [-0.4, -0.2) is 0 Å². The van der Waals surface area contributed by atoms with Crippen molar-refractivity contribution in [3.05, 3.63) is 95.6 Å². The predicted octanol–water partition coefficient (Wildman–Crippen LogP) is 5.36. The predicted molar refractivity (Wildman–Crippen MR) is 107 cm³/mol. The van der Waals surface area contributed by atoms with Gasteiger partial charge in [-0.15, -0.1) is 0 Å². The minimum absolute atomic E-state index is 0.961. The number of fused-ring (bicyclic) bond motifs is 6. The van der Waals surface area contributed by atoms with Crippen LogP contribution in [0.5, 0.6) is 0 Å². The van der Waals surface area contributed by atoms with Crippen LogP contribution < -0.4 is 10.7 Å². The van der Waals surface area contributed by atoms with Crippen LogP contribution in [0, 0.1) is 0 Å². The van der Waals surface area contributed by atoms with Gasteiger partial charge in [-0.2, -0.15) is 0 Å². The van der Waals surface area contributed by atoms with Crippen LogP contribution in [0.15, 0.2) is 94.9 Å². The molecule has 0 unspecified atom stereocenters. The van der Waals surface area contributed by atoms with Gasteiger partial charge in [-0.25, -0.2) is 9.98 Å². The molecule has 120 valence electrons. The second-order valence-electron chi connectivity index (χ2n) is 6.66. The Balaban J connectivity index is 1.99. The first-order valence-electron chi connectivity index (χ1n) is 8.79. The van der Waals surface area contributed by atoms with Crippen LogP contribution in [0.3, 0.4) is 0 Å². The summed E-state index contributed by atoms with van der Waals surface area (Å²) < 4.78 is 0. The van der Waals surface area contributed by atoms with Crippen molar-refractivity contribution in [2.45, 2.75) is 0 Å². The smallest absolute Gasteiger partial charge is 0.0978 e. The number of hydrogen-bond acceptors (Lipinski definition) is 2. The van der Waals surface area contributed by atoms with Crippen molar-refractivity contribution in [1.82, 2.24) is 0 Å². The zero-order chi connectivity index (χ0) is 17.1. The molecule has 0 amide bonds. The van der Waals surface area contributed by atoms with E-state index >= 15 is 0 Å². The fourth-order valence-corrected chi connectivity index (χ4v) is 4.06. The number of hydrogen-bond donors (Lipinski definition) is 0. The Bertz CT molecular complexity index is 1370. The topological polar surface area (TPSA) is 24.7 Å². The van der Waals surface area contributed by atoms with Gasteiger partial charge in [0.1, 0.15) is 0 Å². The van der Waals surface area contributed by atoms with Crippen LogP contribution in [0.2, 0.25) is 0 Å². The van der Waals surface area contributed by atoms with E-state index in [4.69, 9.17) is 9.98 Å². The summed E-state index contributed by atoms with van der Waals surface area (Å²) in [6, 6.07) is 29.5. The second kappa shape index (κ2) is 4.99. The molecule has 0 bridgehead atoms. The molecule has 0 aromatic heterocycles. The quantitative estimate of drug-likeness (QED) is 0.335. The Morgan fingerprint density at radius 1 is 0.423 bits per heavy atom. The Labute approximate surface area is 149 Å². The van der Waals surface area contributed by atoms with Crippen molar-refractivity contribution in [2.24, 2.45) is 9.98 Å². The molecule has 0 radical (unpaired) electrons. The zero-order valence-electron chi connectivity index (χ0n) is 14.0. The van der Waals surface area contributed by atoms with E-state index in [1.54, 1.807) is 0 Å². The van der Waals surface area contributed by atoms with Crippen molar-refractivity contribution in [3.8, 4) is 0 Å². The van der Waals surface area contributed by atoms with Crippen LogP contribution in [0.1, 0.15) is 0 Å². The number of benzene rings is 5. The van der Waals surface area contributed by atoms with Crippen LogP contribution in [-0.2, 0) is 0 Å². The lowest BCUT2D eigenvalue weighted by Crippen LogP contribution is -2.26. The first-order valence-corrected chi connectivity index (χ1v) is 8.79. The zero-order valence-corrected chi connectivity index (χ0v) is 14.0. The molecular formula is C24H14N2. The number of rotatable bonds is 0. The maximum Gasteiger partial charge on any atom is 0.0978 e. The van der Waals surface area contributed by atoms with E-state index in [9.17, 15) is 0 Å². The van der Waals surface area contributed by atoms with Gasteiger partial charge in [0, 0.05) is 16.2 Å². The Morgan fingerprint density at radius 3 is 1.38 bits per heavy atom. The highest BCUT2D eigenvalue weighted by molar-refractivity contribution is 6.08. The van der Waals surface area contributed by atoms with Gasteiger partial charge in [0.2, 0.25) is 0 Å². The van der Waals surface area contributed by atoms with Gasteiger partial charge in [0.15, 0.2) is 0 Å². The third-order valence-corrected chi connectivity index (χ3v) is 5.20. The third-order valence-electron chi connectivity index (χ3n) is 5.20. The average molecular weight is 330 g/mol. The van der Waals surface area contributed by atoms with Gasteiger partial charge in [0.25, 0.3) is 0 Å². The summed E-state index contributed by atoms with van der Waals surface area (Å²) in [5, 5.41) is 8.96. The van der Waals surface area contributed by atoms with Crippen LogP contribution in [0.25, 0.3) is 32.3 Å². The molecule has 0 fully saturated rings. The minimum atomic E-state index is 0.961. The summed E-state index contributed by atoms with van der Waals surface area (Å²) in [5.41, 5.74) is 1.97. The normalized spacial score (nSPS) is 12.5. The molecule has 1 heterocycles. The summed E-state index contributed by atoms with van der Waals surface area (Å²) in [6.07, 6.45) is 0. The largest absolute Gasteiger partial charge is 0.245 e. The summed E-state index contributed by atoms with van der Waals surface area (Å²) >= 11 is 0. The Morgan fingerprint density at radius 2 is 0.885 bits per heavy atom. The van der Waals surface area contributed by atoms with E-state index in [2.05, 4.69) is 84.9 Å². The second-order valence-corrected chi connectivity index (χ2v) is 6.66. The van der Waals surface area contributed by atoms with Gasteiger partial charge >= 0.3 is 0 Å². The summed E-state index contributed by atoms with van der Waals surface area (Å²) in [5.74, 6) is 0. The first kappa shape index (κ1) is 13.7. The first-order chi connectivity index (χ1) is 12.9. The lowest BCUT2D eigenvalue weighted by molar-refractivity contribution is 1.31. The molecule has 0 spiro atoms. The van der Waals surface area contributed by atoms with Crippen LogP contribution in [0.4, 0.5) is 11.4 Å². The molecule has 5 aromatic carbocycles. The molecule has 0 saturated carbocycles. The Kier molecular flexibility index (Phi) is 2.64. The lowest BCUT2D eigenvalue weighted by Gasteiger charge is -2.05. The minimum Gasteiger partial charge on any atom is -0.245 e. The van der Waals surface area contributed by atoms with Crippen molar-refractivity contribution in [3.63, 3.8) is 0 Å². The van der Waals surface area contributed by atoms with E-state index in [-0.39, 0.29) is 0 Å². The molecular weight excluding hydrogens is 316 g/mol. The van der Waals surface area contributed by atoms with Gasteiger partial charge < -0.3 is 0 Å². The molecule has 1 aliphatic heterocycles. The van der Waals surface area contributed by atoms with Gasteiger partial charge in [-0.3, -0.25) is 0 Å². The summed E-state index contributed by atoms with van der Waals surface area (Å²) in [6.45, 7) is 0. The molecule has 26 heavy (non-hydrogen) atoms. The van der Waals surface area contributed by atoms with E-state index in [1.165, 1.54) is 16.2 Å². The highest BCUT2D eigenvalue weighted by Gasteiger charge is 2.13. The average Bonchev–Trinajstić information content (AvgIpc) is 2.87. The van der Waals surface area contributed by atoms with Gasteiger partial charge in [-0.05, 0) is 28.3 Å². The van der Waals surface area contributed by atoms with Gasteiger partial charge in [-0.1, -0.05) is 72.8 Å². The van der Waals surface area contributed by atoms with Crippen molar-refractivity contribution in [1.29, 1.82) is 0 Å². The maximum atomic E-state index is 5.11. The molecule has 0 saturated heterocycles.